The Kier molecular flexibility index (Phi) is 6.58. The van der Waals surface area contributed by atoms with Gasteiger partial charge in [0, 0.05) is 44.8 Å². The maximum Gasteiger partial charge on any atom is 0.257 e. The number of hydrogen-bond acceptors (Lipinski definition) is 4. The van der Waals surface area contributed by atoms with Crippen LogP contribution in [0.4, 0.5) is 0 Å². The van der Waals surface area contributed by atoms with Crippen LogP contribution in [0.2, 0.25) is 0 Å². The number of amides is 2. The number of rotatable bonds is 6. The number of benzene rings is 1. The van der Waals surface area contributed by atoms with Crippen LogP contribution in [0.5, 0.6) is 0 Å². The summed E-state index contributed by atoms with van der Waals surface area (Å²) < 4.78 is 1.71. The van der Waals surface area contributed by atoms with Gasteiger partial charge in [0.15, 0.2) is 0 Å². The van der Waals surface area contributed by atoms with Gasteiger partial charge < -0.3 is 10.2 Å². The summed E-state index contributed by atoms with van der Waals surface area (Å²) in [7, 11) is 1.84. The molecule has 0 aliphatic carbocycles. The SMILES string of the molecule is CCNC(=O)C1(Cc2cccc(-c3cccnc3)c2)CCN(C(=O)c2cnn(C)c2C)CC1. The number of nitrogens with one attached hydrogen (secondary N) is 1. The monoisotopic (exact) mass is 445 g/mol. The summed E-state index contributed by atoms with van der Waals surface area (Å²) in [5.74, 6) is 0.0603. The van der Waals surface area contributed by atoms with Crippen LogP contribution in [0.25, 0.3) is 11.1 Å². The molecule has 33 heavy (non-hydrogen) atoms. The van der Waals surface area contributed by atoms with E-state index in [-0.39, 0.29) is 11.8 Å². The number of pyridine rings is 1. The Morgan fingerprint density at radius 2 is 1.85 bits per heavy atom. The van der Waals surface area contributed by atoms with Crippen LogP contribution >= 0.6 is 0 Å². The van der Waals surface area contributed by atoms with Gasteiger partial charge >= 0.3 is 0 Å². The van der Waals surface area contributed by atoms with Gasteiger partial charge in [0.25, 0.3) is 5.91 Å². The highest BCUT2D eigenvalue weighted by molar-refractivity contribution is 5.95. The van der Waals surface area contributed by atoms with Gasteiger partial charge in [-0.25, -0.2) is 0 Å². The molecule has 1 aliphatic heterocycles. The molecule has 2 amide bonds. The smallest absolute Gasteiger partial charge is 0.257 e. The van der Waals surface area contributed by atoms with E-state index >= 15 is 0 Å². The Hall–Kier alpha value is -3.48. The predicted octanol–water partition coefficient (Wildman–Crippen LogP) is 3.39. The van der Waals surface area contributed by atoms with Gasteiger partial charge in [-0.1, -0.05) is 30.3 Å². The third-order valence-corrected chi connectivity index (χ3v) is 6.76. The lowest BCUT2D eigenvalue weighted by atomic mass is 9.72. The lowest BCUT2D eigenvalue weighted by molar-refractivity contribution is -0.133. The van der Waals surface area contributed by atoms with Crippen LogP contribution < -0.4 is 5.32 Å². The maximum absolute atomic E-state index is 13.2. The number of hydrogen-bond donors (Lipinski definition) is 1. The van der Waals surface area contributed by atoms with Crippen molar-refractivity contribution in [3.05, 3.63) is 71.8 Å². The largest absolute Gasteiger partial charge is 0.356 e. The van der Waals surface area contributed by atoms with Crippen molar-refractivity contribution in [3.8, 4) is 11.1 Å². The molecular weight excluding hydrogens is 414 g/mol. The lowest BCUT2D eigenvalue weighted by Gasteiger charge is -2.41. The average Bonchev–Trinajstić information content (AvgIpc) is 3.18. The first kappa shape index (κ1) is 22.7. The molecule has 0 unspecified atom stereocenters. The van der Waals surface area contributed by atoms with Gasteiger partial charge in [0.2, 0.25) is 5.91 Å². The van der Waals surface area contributed by atoms with Crippen LogP contribution in [-0.4, -0.2) is 51.1 Å². The van der Waals surface area contributed by atoms with E-state index in [2.05, 4.69) is 33.6 Å². The van der Waals surface area contributed by atoms with E-state index in [1.807, 2.05) is 50.2 Å². The quantitative estimate of drug-likeness (QED) is 0.631. The second kappa shape index (κ2) is 9.57. The number of aryl methyl sites for hydroxylation is 1. The summed E-state index contributed by atoms with van der Waals surface area (Å²) in [6.07, 6.45) is 7.14. The molecule has 0 spiro atoms. The summed E-state index contributed by atoms with van der Waals surface area (Å²) in [6.45, 7) is 5.53. The van der Waals surface area contributed by atoms with Crippen molar-refractivity contribution >= 4 is 11.8 Å². The number of aromatic nitrogens is 3. The zero-order valence-corrected chi connectivity index (χ0v) is 19.5. The molecule has 0 bridgehead atoms. The predicted molar refractivity (Wildman–Crippen MR) is 128 cm³/mol. The highest BCUT2D eigenvalue weighted by atomic mass is 16.2. The van der Waals surface area contributed by atoms with E-state index in [0.29, 0.717) is 44.5 Å². The van der Waals surface area contributed by atoms with Gasteiger partial charge in [-0.05, 0) is 55.9 Å². The van der Waals surface area contributed by atoms with E-state index in [1.165, 1.54) is 0 Å². The molecule has 172 valence electrons. The Balaban J connectivity index is 1.54. The van der Waals surface area contributed by atoms with E-state index in [0.717, 1.165) is 22.4 Å². The molecule has 1 fully saturated rings. The van der Waals surface area contributed by atoms with Crippen LogP contribution in [0, 0.1) is 12.3 Å². The van der Waals surface area contributed by atoms with E-state index in [4.69, 9.17) is 0 Å². The van der Waals surface area contributed by atoms with Gasteiger partial charge in [0.1, 0.15) is 0 Å². The zero-order valence-electron chi connectivity index (χ0n) is 19.5. The third kappa shape index (κ3) is 4.67. The summed E-state index contributed by atoms with van der Waals surface area (Å²) in [5.41, 5.74) is 4.21. The molecule has 7 nitrogen and oxygen atoms in total. The molecule has 4 rings (SSSR count). The summed E-state index contributed by atoms with van der Waals surface area (Å²) in [5, 5.41) is 7.25. The van der Waals surface area contributed by atoms with Crippen molar-refractivity contribution < 1.29 is 9.59 Å². The van der Waals surface area contributed by atoms with E-state index < -0.39 is 5.41 Å². The second-order valence-corrected chi connectivity index (χ2v) is 8.82. The van der Waals surface area contributed by atoms with E-state index in [1.54, 1.807) is 17.1 Å². The normalized spacial score (nSPS) is 15.3. The van der Waals surface area contributed by atoms with Crippen molar-refractivity contribution in [2.75, 3.05) is 19.6 Å². The number of piperidine rings is 1. The highest BCUT2D eigenvalue weighted by Crippen LogP contribution is 2.37. The summed E-state index contributed by atoms with van der Waals surface area (Å²) in [4.78, 5) is 32.4. The minimum Gasteiger partial charge on any atom is -0.356 e. The molecular formula is C26H31N5O2. The van der Waals surface area contributed by atoms with Crippen molar-refractivity contribution in [1.82, 2.24) is 25.0 Å². The molecule has 7 heteroatoms. The van der Waals surface area contributed by atoms with Crippen LogP contribution in [-0.2, 0) is 18.3 Å². The van der Waals surface area contributed by atoms with Gasteiger partial charge in [0.05, 0.1) is 17.2 Å². The van der Waals surface area contributed by atoms with Crippen molar-refractivity contribution in [3.63, 3.8) is 0 Å². The number of nitrogens with zero attached hydrogens (tertiary/aromatic N) is 4. The first-order valence-electron chi connectivity index (χ1n) is 11.5. The first-order valence-corrected chi connectivity index (χ1v) is 11.5. The van der Waals surface area contributed by atoms with Crippen LogP contribution in [0.3, 0.4) is 0 Å². The lowest BCUT2D eigenvalue weighted by Crippen LogP contribution is -2.51. The summed E-state index contributed by atoms with van der Waals surface area (Å²) >= 11 is 0. The Labute approximate surface area is 194 Å². The average molecular weight is 446 g/mol. The maximum atomic E-state index is 13.2. The molecule has 1 aliphatic rings. The Morgan fingerprint density at radius 1 is 1.09 bits per heavy atom. The van der Waals surface area contributed by atoms with Crippen molar-refractivity contribution in [2.45, 2.75) is 33.1 Å². The molecule has 0 radical (unpaired) electrons. The van der Waals surface area contributed by atoms with Crippen molar-refractivity contribution in [1.29, 1.82) is 0 Å². The minimum atomic E-state index is -0.537. The molecule has 2 aromatic heterocycles. The topological polar surface area (TPSA) is 80.1 Å². The zero-order chi connectivity index (χ0) is 23.4. The highest BCUT2D eigenvalue weighted by Gasteiger charge is 2.42. The number of likely N-dealkylation sites (tertiary alicyclic amines) is 1. The molecule has 1 aromatic carbocycles. The van der Waals surface area contributed by atoms with Gasteiger partial charge in [-0.2, -0.15) is 5.10 Å². The van der Waals surface area contributed by atoms with E-state index in [9.17, 15) is 9.59 Å². The van der Waals surface area contributed by atoms with Gasteiger partial charge in [-0.3, -0.25) is 19.3 Å². The second-order valence-electron chi connectivity index (χ2n) is 8.82. The molecule has 0 saturated carbocycles. The fourth-order valence-electron chi connectivity index (χ4n) is 4.63. The molecule has 1 N–H and O–H groups in total. The number of carbonyl (C=O) groups excluding carboxylic acids is 2. The fraction of sp³-hybridized carbons (Fsp3) is 0.385. The summed E-state index contributed by atoms with van der Waals surface area (Å²) in [6, 6.07) is 12.3. The van der Waals surface area contributed by atoms with Gasteiger partial charge in [-0.15, -0.1) is 0 Å². The Morgan fingerprint density at radius 3 is 2.48 bits per heavy atom. The molecule has 3 aromatic rings. The standard InChI is InChI=1S/C26H31N5O2/c1-4-28-25(33)26(16-20-7-5-8-21(15-20)22-9-6-12-27-17-22)10-13-31(14-11-26)24(32)23-18-29-30(3)19(23)2/h5-9,12,15,17-18H,4,10-11,13-14,16H2,1-3H3,(H,28,33). The molecule has 3 heterocycles. The van der Waals surface area contributed by atoms with Crippen molar-refractivity contribution in [2.24, 2.45) is 12.5 Å². The Bertz CT molecular complexity index is 1130. The third-order valence-electron chi connectivity index (χ3n) is 6.76. The minimum absolute atomic E-state index is 0.0105. The number of carbonyl (C=O) groups is 2. The molecule has 1 saturated heterocycles. The molecule has 0 atom stereocenters. The van der Waals surface area contributed by atoms with Crippen LogP contribution in [0.15, 0.2) is 55.0 Å². The van der Waals surface area contributed by atoms with Crippen LogP contribution in [0.1, 0.15) is 41.4 Å². The first-order chi connectivity index (χ1) is 15.9. The fourth-order valence-corrected chi connectivity index (χ4v) is 4.63.